The number of aliphatic hydroxyl groups is 1. The summed E-state index contributed by atoms with van der Waals surface area (Å²) in [6, 6.07) is 6.43. The van der Waals surface area contributed by atoms with Gasteiger partial charge in [-0.05, 0) is 36.2 Å². The molecule has 2 aromatic rings. The van der Waals surface area contributed by atoms with Crippen LogP contribution in [0.15, 0.2) is 30.5 Å². The minimum atomic E-state index is -0.723. The van der Waals surface area contributed by atoms with Gasteiger partial charge in [0.05, 0.1) is 11.8 Å². The van der Waals surface area contributed by atoms with Crippen LogP contribution < -0.4 is 0 Å². The van der Waals surface area contributed by atoms with Crippen molar-refractivity contribution < 1.29 is 9.50 Å². The molecule has 0 aliphatic carbocycles. The number of aromatic nitrogens is 2. The third kappa shape index (κ3) is 2.91. The third-order valence-corrected chi connectivity index (χ3v) is 2.62. The van der Waals surface area contributed by atoms with Crippen LogP contribution in [0.1, 0.15) is 22.9 Å². The summed E-state index contributed by atoms with van der Waals surface area (Å²) in [7, 11) is 1.82. The van der Waals surface area contributed by atoms with Crippen molar-refractivity contribution in [1.29, 1.82) is 0 Å². The van der Waals surface area contributed by atoms with Gasteiger partial charge in [-0.2, -0.15) is 5.10 Å². The van der Waals surface area contributed by atoms with Crippen LogP contribution >= 0.6 is 0 Å². The van der Waals surface area contributed by atoms with E-state index in [0.29, 0.717) is 12.0 Å². The second-order valence-electron chi connectivity index (χ2n) is 4.26. The summed E-state index contributed by atoms with van der Waals surface area (Å²) in [6.45, 7) is 1.81. The average Bonchev–Trinajstić information content (AvgIpc) is 2.62. The second-order valence-corrected chi connectivity index (χ2v) is 4.26. The van der Waals surface area contributed by atoms with E-state index in [1.165, 1.54) is 12.1 Å². The maximum atomic E-state index is 13.2. The van der Waals surface area contributed by atoms with Gasteiger partial charge >= 0.3 is 0 Å². The Hall–Kier alpha value is -1.68. The van der Waals surface area contributed by atoms with Crippen LogP contribution in [0.2, 0.25) is 0 Å². The maximum Gasteiger partial charge on any atom is 0.123 e. The van der Waals surface area contributed by atoms with Gasteiger partial charge < -0.3 is 5.11 Å². The first kappa shape index (κ1) is 11.8. The smallest absolute Gasteiger partial charge is 0.123 e. The lowest BCUT2D eigenvalue weighted by Gasteiger charge is -2.10. The van der Waals surface area contributed by atoms with Crippen molar-refractivity contribution in [2.24, 2.45) is 7.05 Å². The molecular weight excluding hydrogens is 219 g/mol. The van der Waals surface area contributed by atoms with Crippen molar-refractivity contribution in [3.05, 3.63) is 53.1 Å². The summed E-state index contributed by atoms with van der Waals surface area (Å²) in [6.07, 6.45) is 1.49. The number of benzene rings is 1. The van der Waals surface area contributed by atoms with Crippen molar-refractivity contribution in [3.8, 4) is 0 Å². The molecule has 1 atom stereocenters. The van der Waals surface area contributed by atoms with E-state index in [2.05, 4.69) is 5.10 Å². The molecule has 0 amide bonds. The summed E-state index contributed by atoms with van der Waals surface area (Å²) in [4.78, 5) is 0. The first-order chi connectivity index (χ1) is 8.04. The highest BCUT2D eigenvalue weighted by atomic mass is 19.1. The predicted octanol–water partition coefficient (Wildman–Crippen LogP) is 2.14. The fourth-order valence-electron chi connectivity index (χ4n) is 1.84. The van der Waals surface area contributed by atoms with E-state index >= 15 is 0 Å². The van der Waals surface area contributed by atoms with Crippen LogP contribution in [0.5, 0.6) is 0 Å². The van der Waals surface area contributed by atoms with Gasteiger partial charge in [0.1, 0.15) is 5.82 Å². The van der Waals surface area contributed by atoms with Crippen LogP contribution in [0.25, 0.3) is 0 Å². The Bertz CT molecular complexity index is 502. The van der Waals surface area contributed by atoms with Gasteiger partial charge in [-0.15, -0.1) is 0 Å². The zero-order chi connectivity index (χ0) is 12.4. The molecule has 0 radical (unpaired) electrons. The second kappa shape index (κ2) is 4.67. The Balaban J connectivity index is 2.16. The first-order valence-corrected chi connectivity index (χ1v) is 5.48. The number of rotatable bonds is 3. The summed E-state index contributed by atoms with van der Waals surface area (Å²) >= 11 is 0. The summed E-state index contributed by atoms with van der Waals surface area (Å²) < 4.78 is 14.9. The number of halogens is 1. The highest BCUT2D eigenvalue weighted by Crippen LogP contribution is 2.19. The largest absolute Gasteiger partial charge is 0.388 e. The lowest BCUT2D eigenvalue weighted by atomic mass is 10.0. The molecule has 0 saturated carbocycles. The molecule has 0 bridgehead atoms. The Morgan fingerprint density at radius 3 is 2.76 bits per heavy atom. The predicted molar refractivity (Wildman–Crippen MR) is 63.0 cm³/mol. The Morgan fingerprint density at radius 2 is 2.18 bits per heavy atom. The van der Waals surface area contributed by atoms with E-state index in [9.17, 15) is 9.50 Å². The van der Waals surface area contributed by atoms with E-state index in [-0.39, 0.29) is 5.82 Å². The van der Waals surface area contributed by atoms with Crippen LogP contribution in [0, 0.1) is 12.7 Å². The molecule has 1 unspecified atom stereocenters. The van der Waals surface area contributed by atoms with Gasteiger partial charge in [-0.3, -0.25) is 4.68 Å². The van der Waals surface area contributed by atoms with Crippen molar-refractivity contribution in [3.63, 3.8) is 0 Å². The van der Waals surface area contributed by atoms with Gasteiger partial charge in [0, 0.05) is 19.7 Å². The van der Waals surface area contributed by atoms with Crippen molar-refractivity contribution in [1.82, 2.24) is 9.78 Å². The van der Waals surface area contributed by atoms with Gasteiger partial charge in [-0.1, -0.05) is 6.07 Å². The Morgan fingerprint density at radius 1 is 1.41 bits per heavy atom. The molecule has 90 valence electrons. The number of hydrogen-bond donors (Lipinski definition) is 1. The maximum absolute atomic E-state index is 13.2. The minimum Gasteiger partial charge on any atom is -0.388 e. The molecule has 3 nitrogen and oxygen atoms in total. The standard InChI is InChI=1S/C13H15FN2O/c1-9-5-10(7-11(14)6-9)13(17)8-12-3-4-16(2)15-12/h3-7,13,17H,8H2,1-2H3. The monoisotopic (exact) mass is 234 g/mol. The molecule has 0 aliphatic rings. The van der Waals surface area contributed by atoms with Crippen molar-refractivity contribution in [2.45, 2.75) is 19.4 Å². The first-order valence-electron chi connectivity index (χ1n) is 5.48. The summed E-state index contributed by atoms with van der Waals surface area (Å²) in [5.74, 6) is -0.319. The normalized spacial score (nSPS) is 12.7. The topological polar surface area (TPSA) is 38.0 Å². The van der Waals surface area contributed by atoms with Gasteiger partial charge in [0.25, 0.3) is 0 Å². The third-order valence-electron chi connectivity index (χ3n) is 2.62. The SMILES string of the molecule is Cc1cc(F)cc(C(O)Cc2ccn(C)n2)c1. The Kier molecular flexibility index (Phi) is 3.24. The van der Waals surface area contributed by atoms with E-state index in [0.717, 1.165) is 11.3 Å². The number of aliphatic hydroxyl groups excluding tert-OH is 1. The number of hydrogen-bond acceptors (Lipinski definition) is 2. The highest BCUT2D eigenvalue weighted by Gasteiger charge is 2.11. The zero-order valence-electron chi connectivity index (χ0n) is 9.89. The molecule has 17 heavy (non-hydrogen) atoms. The van der Waals surface area contributed by atoms with Gasteiger partial charge in [0.15, 0.2) is 0 Å². The molecule has 0 saturated heterocycles. The lowest BCUT2D eigenvalue weighted by Crippen LogP contribution is -2.04. The molecule has 0 fully saturated rings. The van der Waals surface area contributed by atoms with E-state index in [4.69, 9.17) is 0 Å². The molecule has 1 aromatic heterocycles. The number of nitrogens with zero attached hydrogens (tertiary/aromatic N) is 2. The quantitative estimate of drug-likeness (QED) is 0.883. The van der Waals surface area contributed by atoms with Gasteiger partial charge in [-0.25, -0.2) is 4.39 Å². The fourth-order valence-corrected chi connectivity index (χ4v) is 1.84. The molecule has 4 heteroatoms. The van der Waals surface area contributed by atoms with E-state index in [1.807, 2.05) is 19.3 Å². The van der Waals surface area contributed by atoms with Crippen LogP contribution in [0.4, 0.5) is 4.39 Å². The van der Waals surface area contributed by atoms with E-state index in [1.54, 1.807) is 17.7 Å². The van der Waals surface area contributed by atoms with Crippen LogP contribution in [-0.4, -0.2) is 14.9 Å². The average molecular weight is 234 g/mol. The summed E-state index contributed by atoms with van der Waals surface area (Å²) in [5, 5.41) is 14.2. The summed E-state index contributed by atoms with van der Waals surface area (Å²) in [5.41, 5.74) is 2.19. The van der Waals surface area contributed by atoms with Crippen molar-refractivity contribution in [2.75, 3.05) is 0 Å². The van der Waals surface area contributed by atoms with Gasteiger partial charge in [0.2, 0.25) is 0 Å². The molecule has 0 spiro atoms. The zero-order valence-corrected chi connectivity index (χ0v) is 9.89. The molecule has 0 aliphatic heterocycles. The minimum absolute atomic E-state index is 0.319. The fraction of sp³-hybridized carbons (Fsp3) is 0.308. The highest BCUT2D eigenvalue weighted by molar-refractivity contribution is 5.26. The molecule has 1 aromatic carbocycles. The van der Waals surface area contributed by atoms with Crippen molar-refractivity contribution >= 4 is 0 Å². The van der Waals surface area contributed by atoms with Crippen LogP contribution in [-0.2, 0) is 13.5 Å². The molecule has 1 N–H and O–H groups in total. The number of aryl methyl sites for hydroxylation is 2. The van der Waals surface area contributed by atoms with E-state index < -0.39 is 6.10 Å². The Labute approximate surface area is 99.5 Å². The molecule has 2 rings (SSSR count). The molecule has 1 heterocycles. The lowest BCUT2D eigenvalue weighted by molar-refractivity contribution is 0.176. The molecular formula is C13H15FN2O. The van der Waals surface area contributed by atoms with Crippen LogP contribution in [0.3, 0.4) is 0 Å².